The molecule has 2 rings (SSSR count). The number of carbonyl (C=O) groups excluding carboxylic acids is 1. The Morgan fingerprint density at radius 1 is 1.35 bits per heavy atom. The van der Waals surface area contributed by atoms with Gasteiger partial charge in [-0.2, -0.15) is 0 Å². The second-order valence-electron chi connectivity index (χ2n) is 7.40. The fourth-order valence-corrected chi connectivity index (χ4v) is 2.76. The number of carbonyl (C=O) groups is 1. The van der Waals surface area contributed by atoms with Crippen molar-refractivity contribution in [3.63, 3.8) is 0 Å². The van der Waals surface area contributed by atoms with Gasteiger partial charge in [0.25, 0.3) is 0 Å². The molecule has 0 aromatic carbocycles. The molecule has 1 aliphatic heterocycles. The van der Waals surface area contributed by atoms with Crippen LogP contribution in [0.3, 0.4) is 0 Å². The molecule has 5 nitrogen and oxygen atoms in total. The lowest BCUT2D eigenvalue weighted by molar-refractivity contribution is 0.0569. The van der Waals surface area contributed by atoms with E-state index < -0.39 is 5.60 Å². The monoisotopic (exact) mass is 319 g/mol. The minimum Gasteiger partial charge on any atom is -0.443 e. The molecular formula is C18H29N3O2. The van der Waals surface area contributed by atoms with Crippen LogP contribution in [0.25, 0.3) is 0 Å². The lowest BCUT2D eigenvalue weighted by Crippen LogP contribution is -2.41. The molecule has 1 aromatic heterocycles. The number of ether oxygens (including phenoxy) is 1. The molecule has 0 saturated carbocycles. The summed E-state index contributed by atoms with van der Waals surface area (Å²) in [5.41, 5.74) is 0.664. The molecule has 1 aliphatic rings. The van der Waals surface area contributed by atoms with Crippen molar-refractivity contribution in [3.8, 4) is 0 Å². The van der Waals surface area contributed by atoms with Crippen molar-refractivity contribution in [2.24, 2.45) is 0 Å². The van der Waals surface area contributed by atoms with Crippen molar-refractivity contribution in [2.45, 2.75) is 71.6 Å². The highest BCUT2D eigenvalue weighted by Crippen LogP contribution is 2.25. The van der Waals surface area contributed by atoms with Crippen LogP contribution in [0, 0.1) is 0 Å². The molecule has 0 unspecified atom stereocenters. The van der Waals surface area contributed by atoms with Crippen LogP contribution in [-0.2, 0) is 4.74 Å². The third kappa shape index (κ3) is 4.93. The SMILES string of the molecule is CC(C)N(C(=O)OC(C)(C)C)c1ccc([C@H]2CCCCN2)cn1. The van der Waals surface area contributed by atoms with Gasteiger partial charge in [0.2, 0.25) is 0 Å². The van der Waals surface area contributed by atoms with E-state index in [-0.39, 0.29) is 12.1 Å². The van der Waals surface area contributed by atoms with Gasteiger partial charge in [0.1, 0.15) is 11.4 Å². The largest absolute Gasteiger partial charge is 0.443 e. The normalized spacial score (nSPS) is 18.8. The minimum absolute atomic E-state index is 0.0176. The summed E-state index contributed by atoms with van der Waals surface area (Å²) >= 11 is 0. The first-order valence-electron chi connectivity index (χ1n) is 8.49. The molecule has 1 aromatic rings. The number of aromatic nitrogens is 1. The second kappa shape index (κ2) is 7.30. The number of nitrogens with zero attached hydrogens (tertiary/aromatic N) is 2. The van der Waals surface area contributed by atoms with Crippen molar-refractivity contribution in [1.82, 2.24) is 10.3 Å². The number of pyridine rings is 1. The summed E-state index contributed by atoms with van der Waals surface area (Å²) in [4.78, 5) is 18.6. The maximum absolute atomic E-state index is 12.4. The van der Waals surface area contributed by atoms with Crippen LogP contribution in [-0.4, -0.2) is 29.3 Å². The van der Waals surface area contributed by atoms with E-state index in [4.69, 9.17) is 4.74 Å². The van der Waals surface area contributed by atoms with Gasteiger partial charge < -0.3 is 10.1 Å². The lowest BCUT2D eigenvalue weighted by Gasteiger charge is -2.30. The van der Waals surface area contributed by atoms with Gasteiger partial charge in [0, 0.05) is 18.3 Å². The van der Waals surface area contributed by atoms with Gasteiger partial charge in [-0.3, -0.25) is 4.90 Å². The maximum Gasteiger partial charge on any atom is 0.416 e. The van der Waals surface area contributed by atoms with Gasteiger partial charge in [-0.15, -0.1) is 0 Å². The molecule has 1 atom stereocenters. The Kier molecular flexibility index (Phi) is 5.63. The van der Waals surface area contributed by atoms with E-state index in [1.165, 1.54) is 18.4 Å². The summed E-state index contributed by atoms with van der Waals surface area (Å²) in [5.74, 6) is 0.633. The molecule has 1 saturated heterocycles. The molecule has 2 heterocycles. The van der Waals surface area contributed by atoms with Crippen LogP contribution in [0.15, 0.2) is 18.3 Å². The van der Waals surface area contributed by atoms with Crippen molar-refractivity contribution in [2.75, 3.05) is 11.4 Å². The Hall–Kier alpha value is -1.62. The van der Waals surface area contributed by atoms with Gasteiger partial charge in [0.15, 0.2) is 0 Å². The second-order valence-corrected chi connectivity index (χ2v) is 7.40. The predicted octanol–water partition coefficient (Wildman–Crippen LogP) is 4.05. The quantitative estimate of drug-likeness (QED) is 0.913. The van der Waals surface area contributed by atoms with E-state index in [1.807, 2.05) is 46.9 Å². The first kappa shape index (κ1) is 17.7. The Bertz CT molecular complexity index is 514. The van der Waals surface area contributed by atoms with Gasteiger partial charge in [-0.05, 0) is 65.6 Å². The van der Waals surface area contributed by atoms with Gasteiger partial charge in [0.05, 0.1) is 0 Å². The summed E-state index contributed by atoms with van der Waals surface area (Å²) < 4.78 is 5.50. The number of nitrogens with one attached hydrogen (secondary N) is 1. The number of hydrogen-bond acceptors (Lipinski definition) is 4. The predicted molar refractivity (Wildman–Crippen MR) is 92.7 cm³/mol. The van der Waals surface area contributed by atoms with Crippen LogP contribution >= 0.6 is 0 Å². The van der Waals surface area contributed by atoms with E-state index in [9.17, 15) is 4.79 Å². The van der Waals surface area contributed by atoms with Crippen LogP contribution < -0.4 is 10.2 Å². The molecule has 5 heteroatoms. The Balaban J connectivity index is 2.14. The van der Waals surface area contributed by atoms with Crippen molar-refractivity contribution in [3.05, 3.63) is 23.9 Å². The minimum atomic E-state index is -0.518. The first-order valence-corrected chi connectivity index (χ1v) is 8.49. The van der Waals surface area contributed by atoms with Gasteiger partial charge >= 0.3 is 6.09 Å². The Labute approximate surface area is 139 Å². The summed E-state index contributed by atoms with van der Waals surface area (Å²) in [5, 5.41) is 3.52. The molecule has 0 bridgehead atoms. The molecule has 1 amide bonds. The van der Waals surface area contributed by atoms with Crippen LogP contribution in [0.2, 0.25) is 0 Å². The topological polar surface area (TPSA) is 54.5 Å². The van der Waals surface area contributed by atoms with Gasteiger partial charge in [-0.25, -0.2) is 9.78 Å². The van der Waals surface area contributed by atoms with E-state index in [0.717, 1.165) is 13.0 Å². The average molecular weight is 319 g/mol. The molecule has 0 aliphatic carbocycles. The molecule has 128 valence electrons. The molecule has 1 N–H and O–H groups in total. The molecule has 23 heavy (non-hydrogen) atoms. The van der Waals surface area contributed by atoms with Crippen molar-refractivity contribution >= 4 is 11.9 Å². The maximum atomic E-state index is 12.4. The first-order chi connectivity index (χ1) is 10.8. The molecule has 1 fully saturated rings. The number of hydrogen-bond donors (Lipinski definition) is 1. The summed E-state index contributed by atoms with van der Waals surface area (Å²) in [7, 11) is 0. The number of amides is 1. The zero-order valence-corrected chi connectivity index (χ0v) is 14.9. The Morgan fingerprint density at radius 3 is 2.57 bits per heavy atom. The smallest absolute Gasteiger partial charge is 0.416 e. The highest BCUT2D eigenvalue weighted by molar-refractivity contribution is 5.87. The van der Waals surface area contributed by atoms with E-state index in [1.54, 1.807) is 4.90 Å². The average Bonchev–Trinajstić information content (AvgIpc) is 2.47. The van der Waals surface area contributed by atoms with Gasteiger partial charge in [-0.1, -0.05) is 12.5 Å². The molecule has 0 spiro atoms. The lowest BCUT2D eigenvalue weighted by atomic mass is 9.99. The highest BCUT2D eigenvalue weighted by Gasteiger charge is 2.26. The third-order valence-corrected chi connectivity index (χ3v) is 3.84. The number of piperidine rings is 1. The number of rotatable bonds is 3. The number of anilines is 1. The van der Waals surface area contributed by atoms with Crippen LogP contribution in [0.5, 0.6) is 0 Å². The standard InChI is InChI=1S/C18H29N3O2/c1-13(2)21(17(22)23-18(3,4)5)16-10-9-14(12-20-16)15-8-6-7-11-19-15/h9-10,12-13,15,19H,6-8,11H2,1-5H3/t15-/m1/s1. The summed E-state index contributed by atoms with van der Waals surface area (Å²) in [6, 6.07) is 4.33. The fourth-order valence-electron chi connectivity index (χ4n) is 2.76. The summed E-state index contributed by atoms with van der Waals surface area (Å²) in [6.07, 6.45) is 5.14. The fraction of sp³-hybridized carbons (Fsp3) is 0.667. The zero-order valence-electron chi connectivity index (χ0n) is 14.9. The van der Waals surface area contributed by atoms with Crippen molar-refractivity contribution in [1.29, 1.82) is 0 Å². The van der Waals surface area contributed by atoms with E-state index in [2.05, 4.69) is 16.4 Å². The van der Waals surface area contributed by atoms with E-state index in [0.29, 0.717) is 11.9 Å². The highest BCUT2D eigenvalue weighted by atomic mass is 16.6. The molecular weight excluding hydrogens is 290 g/mol. The van der Waals surface area contributed by atoms with Crippen molar-refractivity contribution < 1.29 is 9.53 Å². The van der Waals surface area contributed by atoms with E-state index >= 15 is 0 Å². The summed E-state index contributed by atoms with van der Waals surface area (Å²) in [6.45, 7) is 10.6. The zero-order chi connectivity index (χ0) is 17.0. The van der Waals surface area contributed by atoms with Crippen LogP contribution in [0.1, 0.15) is 65.5 Å². The Morgan fingerprint density at radius 2 is 2.09 bits per heavy atom. The molecule has 0 radical (unpaired) electrons. The third-order valence-electron chi connectivity index (χ3n) is 3.84. The van der Waals surface area contributed by atoms with Crippen LogP contribution in [0.4, 0.5) is 10.6 Å².